The van der Waals surface area contributed by atoms with Crippen molar-refractivity contribution in [3.05, 3.63) is 23.8 Å². The van der Waals surface area contributed by atoms with Crippen molar-refractivity contribution < 1.29 is 13.2 Å². The van der Waals surface area contributed by atoms with E-state index >= 15 is 0 Å². The first-order chi connectivity index (χ1) is 9.91. The number of benzene rings is 1. The molecule has 2 aliphatic rings. The van der Waals surface area contributed by atoms with E-state index in [9.17, 15) is 13.2 Å². The number of nitrogens with one attached hydrogen (secondary N) is 1. The van der Waals surface area contributed by atoms with Crippen molar-refractivity contribution in [1.29, 1.82) is 0 Å². The van der Waals surface area contributed by atoms with Crippen LogP contribution in [0.1, 0.15) is 5.56 Å². The summed E-state index contributed by atoms with van der Waals surface area (Å²) >= 11 is 0. The Bertz CT molecular complexity index is 668. The van der Waals surface area contributed by atoms with Gasteiger partial charge in [0, 0.05) is 26.2 Å². The van der Waals surface area contributed by atoms with Crippen LogP contribution in [0.2, 0.25) is 0 Å². The molecule has 2 amide bonds. The van der Waals surface area contributed by atoms with Crippen molar-refractivity contribution >= 4 is 21.7 Å². The molecule has 2 heterocycles. The molecule has 1 unspecified atom stereocenters. The SMILES string of the molecule is Cc1cccc(N)c1S(=O)(=O)N1CCN2C(=O)NCC2C1. The first-order valence-electron chi connectivity index (χ1n) is 6.81. The molecule has 1 aromatic carbocycles. The normalized spacial score (nSPS) is 23.0. The second-order valence-corrected chi connectivity index (χ2v) is 7.26. The van der Waals surface area contributed by atoms with Crippen LogP contribution in [-0.2, 0) is 10.0 Å². The Kier molecular flexibility index (Phi) is 3.29. The molecule has 3 rings (SSSR count). The third-order valence-corrected chi connectivity index (χ3v) is 6.12. The van der Waals surface area contributed by atoms with Crippen LogP contribution in [0.5, 0.6) is 0 Å². The van der Waals surface area contributed by atoms with Gasteiger partial charge in [-0.05, 0) is 18.6 Å². The second kappa shape index (κ2) is 4.88. The van der Waals surface area contributed by atoms with Crippen LogP contribution in [0.3, 0.4) is 0 Å². The zero-order valence-electron chi connectivity index (χ0n) is 11.7. The summed E-state index contributed by atoms with van der Waals surface area (Å²) in [5, 5.41) is 2.74. The fourth-order valence-electron chi connectivity index (χ4n) is 2.95. The molecule has 1 aromatic rings. The fraction of sp³-hybridized carbons (Fsp3) is 0.462. The number of hydrogen-bond acceptors (Lipinski definition) is 4. The molecule has 0 spiro atoms. The Labute approximate surface area is 123 Å². The lowest BCUT2D eigenvalue weighted by atomic mass is 10.2. The van der Waals surface area contributed by atoms with Gasteiger partial charge < -0.3 is 16.0 Å². The average molecular weight is 310 g/mol. The Morgan fingerprint density at radius 3 is 2.81 bits per heavy atom. The summed E-state index contributed by atoms with van der Waals surface area (Å²) in [5.41, 5.74) is 6.76. The molecular formula is C13H18N4O3S. The van der Waals surface area contributed by atoms with Gasteiger partial charge in [0.1, 0.15) is 4.90 Å². The quantitative estimate of drug-likeness (QED) is 0.750. The number of piperazine rings is 1. The highest BCUT2D eigenvalue weighted by molar-refractivity contribution is 7.89. The molecule has 2 fully saturated rings. The smallest absolute Gasteiger partial charge is 0.317 e. The molecule has 3 N–H and O–H groups in total. The van der Waals surface area contributed by atoms with Crippen molar-refractivity contribution in [1.82, 2.24) is 14.5 Å². The summed E-state index contributed by atoms with van der Waals surface area (Å²) < 4.78 is 27.1. The summed E-state index contributed by atoms with van der Waals surface area (Å²) in [6.07, 6.45) is 0. The van der Waals surface area contributed by atoms with Crippen LogP contribution in [0.4, 0.5) is 10.5 Å². The van der Waals surface area contributed by atoms with Crippen LogP contribution in [-0.4, -0.2) is 55.9 Å². The molecule has 21 heavy (non-hydrogen) atoms. The minimum absolute atomic E-state index is 0.105. The van der Waals surface area contributed by atoms with Crippen molar-refractivity contribution in [2.24, 2.45) is 0 Å². The standard InChI is InChI=1S/C13H18N4O3S/c1-9-3-2-4-11(14)12(9)21(19,20)16-5-6-17-10(8-16)7-15-13(17)18/h2-4,10H,5-8,14H2,1H3,(H,15,18). The van der Waals surface area contributed by atoms with Crippen molar-refractivity contribution in [2.45, 2.75) is 17.9 Å². The number of rotatable bonds is 2. The number of nitrogens with two attached hydrogens (primary N) is 1. The number of nitrogen functional groups attached to an aromatic ring is 1. The third-order valence-electron chi connectivity index (χ3n) is 4.04. The minimum Gasteiger partial charge on any atom is -0.398 e. The van der Waals surface area contributed by atoms with E-state index in [1.807, 2.05) is 0 Å². The van der Waals surface area contributed by atoms with Crippen molar-refractivity contribution in [2.75, 3.05) is 31.9 Å². The predicted molar refractivity (Wildman–Crippen MR) is 78.2 cm³/mol. The summed E-state index contributed by atoms with van der Waals surface area (Å²) in [6.45, 7) is 3.21. The molecule has 114 valence electrons. The van der Waals surface area contributed by atoms with E-state index in [1.54, 1.807) is 30.0 Å². The summed E-state index contributed by atoms with van der Waals surface area (Å²) in [5.74, 6) is 0. The number of urea groups is 1. The van der Waals surface area contributed by atoms with Crippen molar-refractivity contribution in [3.63, 3.8) is 0 Å². The van der Waals surface area contributed by atoms with Crippen LogP contribution in [0, 0.1) is 6.92 Å². The van der Waals surface area contributed by atoms with Crippen LogP contribution in [0.15, 0.2) is 23.1 Å². The Morgan fingerprint density at radius 1 is 1.33 bits per heavy atom. The molecule has 0 aromatic heterocycles. The fourth-order valence-corrected chi connectivity index (χ4v) is 4.74. The highest BCUT2D eigenvalue weighted by atomic mass is 32.2. The van der Waals surface area contributed by atoms with E-state index in [1.165, 1.54) is 4.31 Å². The number of fused-ring (bicyclic) bond motifs is 1. The summed E-state index contributed by atoms with van der Waals surface area (Å²) in [4.78, 5) is 13.4. The van der Waals surface area contributed by atoms with Gasteiger partial charge in [-0.25, -0.2) is 13.2 Å². The maximum Gasteiger partial charge on any atom is 0.317 e. The van der Waals surface area contributed by atoms with Crippen LogP contribution in [0.25, 0.3) is 0 Å². The number of aryl methyl sites for hydroxylation is 1. The van der Waals surface area contributed by atoms with Gasteiger partial charge in [-0.1, -0.05) is 12.1 Å². The second-order valence-electron chi connectivity index (χ2n) is 5.39. The number of carbonyl (C=O) groups is 1. The monoisotopic (exact) mass is 310 g/mol. The van der Waals surface area contributed by atoms with Gasteiger partial charge in [0.15, 0.2) is 0 Å². The van der Waals surface area contributed by atoms with E-state index in [4.69, 9.17) is 5.73 Å². The summed E-state index contributed by atoms with van der Waals surface area (Å²) in [6, 6.07) is 4.84. The van der Waals surface area contributed by atoms with Gasteiger partial charge in [0.25, 0.3) is 0 Å². The van der Waals surface area contributed by atoms with Gasteiger partial charge in [0.05, 0.1) is 11.7 Å². The highest BCUT2D eigenvalue weighted by Gasteiger charge is 2.40. The predicted octanol–water partition coefficient (Wildman–Crippen LogP) is -0.0247. The Balaban J connectivity index is 1.91. The molecule has 1 atom stereocenters. The molecule has 0 saturated carbocycles. The molecule has 0 bridgehead atoms. The molecule has 0 radical (unpaired) electrons. The molecular weight excluding hydrogens is 292 g/mol. The Hall–Kier alpha value is -1.80. The van der Waals surface area contributed by atoms with E-state index in [-0.39, 0.29) is 22.7 Å². The van der Waals surface area contributed by atoms with Gasteiger partial charge >= 0.3 is 6.03 Å². The molecule has 8 heteroatoms. The molecule has 0 aliphatic carbocycles. The number of amides is 2. The first kappa shape index (κ1) is 14.2. The van der Waals surface area contributed by atoms with E-state index < -0.39 is 10.0 Å². The zero-order valence-corrected chi connectivity index (χ0v) is 12.6. The lowest BCUT2D eigenvalue weighted by molar-refractivity contribution is 0.164. The van der Waals surface area contributed by atoms with Gasteiger partial charge in [-0.3, -0.25) is 0 Å². The van der Waals surface area contributed by atoms with Crippen molar-refractivity contribution in [3.8, 4) is 0 Å². The Morgan fingerprint density at radius 2 is 2.10 bits per heavy atom. The maximum atomic E-state index is 12.8. The lowest BCUT2D eigenvalue weighted by Crippen LogP contribution is -2.53. The van der Waals surface area contributed by atoms with Crippen LogP contribution >= 0.6 is 0 Å². The number of sulfonamides is 1. The zero-order chi connectivity index (χ0) is 15.2. The van der Waals surface area contributed by atoms with E-state index in [2.05, 4.69) is 5.32 Å². The average Bonchev–Trinajstić information content (AvgIpc) is 2.79. The number of nitrogens with zero attached hydrogens (tertiary/aromatic N) is 2. The number of carbonyl (C=O) groups excluding carboxylic acids is 1. The topological polar surface area (TPSA) is 95.7 Å². The van der Waals surface area contributed by atoms with E-state index in [0.29, 0.717) is 31.7 Å². The largest absolute Gasteiger partial charge is 0.398 e. The van der Waals surface area contributed by atoms with Crippen LogP contribution < -0.4 is 11.1 Å². The molecule has 2 aliphatic heterocycles. The maximum absolute atomic E-state index is 12.8. The first-order valence-corrected chi connectivity index (χ1v) is 8.25. The van der Waals surface area contributed by atoms with Gasteiger partial charge in [0.2, 0.25) is 10.0 Å². The number of hydrogen-bond donors (Lipinski definition) is 2. The van der Waals surface area contributed by atoms with E-state index in [0.717, 1.165) is 0 Å². The molecule has 2 saturated heterocycles. The summed E-state index contributed by atoms with van der Waals surface area (Å²) in [7, 11) is -3.64. The minimum atomic E-state index is -3.64. The molecule has 7 nitrogen and oxygen atoms in total. The third kappa shape index (κ3) is 2.24. The number of anilines is 1. The highest BCUT2D eigenvalue weighted by Crippen LogP contribution is 2.28. The van der Waals surface area contributed by atoms with Gasteiger partial charge in [-0.15, -0.1) is 0 Å². The lowest BCUT2D eigenvalue weighted by Gasteiger charge is -2.35. The van der Waals surface area contributed by atoms with Gasteiger partial charge in [-0.2, -0.15) is 4.31 Å².